The van der Waals surface area contributed by atoms with Crippen LogP contribution in [0.3, 0.4) is 0 Å². The van der Waals surface area contributed by atoms with Gasteiger partial charge in [-0.1, -0.05) is 36.9 Å². The van der Waals surface area contributed by atoms with E-state index in [0.29, 0.717) is 6.10 Å². The van der Waals surface area contributed by atoms with E-state index >= 15 is 0 Å². The minimum Gasteiger partial charge on any atom is -0.368 e. The molecule has 1 aliphatic rings. The molecule has 0 saturated carbocycles. The fraction of sp³-hybridized carbons (Fsp3) is 0.200. The van der Waals surface area contributed by atoms with Crippen LogP contribution < -0.4 is 0 Å². The lowest BCUT2D eigenvalue weighted by Crippen LogP contribution is -1.79. The number of epoxide rings is 1. The van der Waals surface area contributed by atoms with Crippen LogP contribution in [-0.2, 0) is 4.74 Å². The van der Waals surface area contributed by atoms with E-state index in [2.05, 4.69) is 30.8 Å². The summed E-state index contributed by atoms with van der Waals surface area (Å²) in [6.45, 7) is 4.57. The van der Waals surface area contributed by atoms with E-state index in [1.807, 2.05) is 6.08 Å². The van der Waals surface area contributed by atoms with Crippen molar-refractivity contribution in [3.8, 4) is 0 Å². The molecule has 0 unspecified atom stereocenters. The maximum Gasteiger partial charge on any atom is 0.106 e. The maximum atomic E-state index is 5.14. The van der Waals surface area contributed by atoms with Crippen LogP contribution in [0, 0.1) is 0 Å². The SMILES string of the molecule is C=Cc1ccc([C@H]2CO2)cc1. The van der Waals surface area contributed by atoms with Gasteiger partial charge in [-0.15, -0.1) is 0 Å². The highest BCUT2D eigenvalue weighted by atomic mass is 16.6. The molecule has 56 valence electrons. The Labute approximate surface area is 66.3 Å². The van der Waals surface area contributed by atoms with E-state index in [1.54, 1.807) is 0 Å². The molecular formula is C10H10O. The van der Waals surface area contributed by atoms with E-state index < -0.39 is 0 Å². The Morgan fingerprint density at radius 3 is 2.45 bits per heavy atom. The zero-order valence-corrected chi connectivity index (χ0v) is 6.29. The van der Waals surface area contributed by atoms with Crippen molar-refractivity contribution >= 4 is 6.08 Å². The molecule has 1 aromatic carbocycles. The molecule has 0 aromatic heterocycles. The van der Waals surface area contributed by atoms with Gasteiger partial charge in [0.1, 0.15) is 6.10 Å². The Morgan fingerprint density at radius 1 is 1.36 bits per heavy atom. The van der Waals surface area contributed by atoms with Crippen LogP contribution in [-0.4, -0.2) is 6.61 Å². The van der Waals surface area contributed by atoms with Crippen molar-refractivity contribution in [3.05, 3.63) is 42.0 Å². The van der Waals surface area contributed by atoms with Crippen molar-refractivity contribution in [2.45, 2.75) is 6.10 Å². The van der Waals surface area contributed by atoms with Crippen molar-refractivity contribution < 1.29 is 4.74 Å². The summed E-state index contributed by atoms with van der Waals surface area (Å²) in [5.41, 5.74) is 2.44. The molecule has 1 heterocycles. The van der Waals surface area contributed by atoms with Crippen LogP contribution in [0.1, 0.15) is 17.2 Å². The second-order valence-electron chi connectivity index (χ2n) is 2.69. The molecule has 0 amide bonds. The van der Waals surface area contributed by atoms with Crippen LogP contribution in [0.25, 0.3) is 6.08 Å². The first-order valence-corrected chi connectivity index (χ1v) is 3.74. The number of hydrogen-bond acceptors (Lipinski definition) is 1. The summed E-state index contributed by atoms with van der Waals surface area (Å²) in [5, 5.41) is 0. The first kappa shape index (κ1) is 6.62. The second kappa shape index (κ2) is 2.51. The molecular weight excluding hydrogens is 136 g/mol. The summed E-state index contributed by atoms with van der Waals surface area (Å²) < 4.78 is 5.14. The fourth-order valence-corrected chi connectivity index (χ4v) is 1.09. The maximum absolute atomic E-state index is 5.14. The van der Waals surface area contributed by atoms with Gasteiger partial charge in [0.15, 0.2) is 0 Å². The van der Waals surface area contributed by atoms with E-state index in [0.717, 1.165) is 12.2 Å². The van der Waals surface area contributed by atoms with Gasteiger partial charge in [0.05, 0.1) is 6.61 Å². The molecule has 0 bridgehead atoms. The number of rotatable bonds is 2. The van der Waals surface area contributed by atoms with Gasteiger partial charge in [0.2, 0.25) is 0 Å². The molecule has 1 atom stereocenters. The zero-order valence-electron chi connectivity index (χ0n) is 6.29. The van der Waals surface area contributed by atoms with Crippen molar-refractivity contribution in [1.82, 2.24) is 0 Å². The molecule has 0 radical (unpaired) electrons. The monoisotopic (exact) mass is 146 g/mol. The highest BCUT2D eigenvalue weighted by Crippen LogP contribution is 2.29. The first-order valence-electron chi connectivity index (χ1n) is 3.74. The van der Waals surface area contributed by atoms with Crippen LogP contribution in [0.5, 0.6) is 0 Å². The highest BCUT2D eigenvalue weighted by molar-refractivity contribution is 5.47. The van der Waals surface area contributed by atoms with Gasteiger partial charge in [0.25, 0.3) is 0 Å². The molecule has 1 aromatic rings. The van der Waals surface area contributed by atoms with Crippen molar-refractivity contribution in [1.29, 1.82) is 0 Å². The average molecular weight is 146 g/mol. The summed E-state index contributed by atoms with van der Waals surface area (Å²) in [5.74, 6) is 0. The summed E-state index contributed by atoms with van der Waals surface area (Å²) in [6.07, 6.45) is 2.21. The standard InChI is InChI=1S/C10H10O/c1-2-8-3-5-9(6-4-8)10-7-11-10/h2-6,10H,1,7H2/t10-/m1/s1. The Balaban J connectivity index is 2.25. The summed E-state index contributed by atoms with van der Waals surface area (Å²) in [7, 11) is 0. The predicted molar refractivity (Wildman–Crippen MR) is 45.2 cm³/mol. The van der Waals surface area contributed by atoms with Crippen molar-refractivity contribution in [2.24, 2.45) is 0 Å². The van der Waals surface area contributed by atoms with E-state index in [4.69, 9.17) is 4.74 Å². The Bertz CT molecular complexity index is 257. The predicted octanol–water partition coefficient (Wildman–Crippen LogP) is 2.40. The normalized spacial score (nSPS) is 21.3. The number of hydrogen-bond donors (Lipinski definition) is 0. The molecule has 1 aliphatic heterocycles. The minimum atomic E-state index is 0.369. The largest absolute Gasteiger partial charge is 0.368 e. The third-order valence-corrected chi connectivity index (χ3v) is 1.88. The van der Waals surface area contributed by atoms with E-state index in [1.165, 1.54) is 5.56 Å². The van der Waals surface area contributed by atoms with Crippen LogP contribution >= 0.6 is 0 Å². The first-order chi connectivity index (χ1) is 5.40. The van der Waals surface area contributed by atoms with Gasteiger partial charge >= 0.3 is 0 Å². The van der Waals surface area contributed by atoms with Gasteiger partial charge < -0.3 is 4.74 Å². The smallest absolute Gasteiger partial charge is 0.106 e. The molecule has 1 fully saturated rings. The molecule has 1 nitrogen and oxygen atoms in total. The molecule has 2 rings (SSSR count). The third-order valence-electron chi connectivity index (χ3n) is 1.88. The van der Waals surface area contributed by atoms with E-state index in [-0.39, 0.29) is 0 Å². The highest BCUT2D eigenvalue weighted by Gasteiger charge is 2.23. The van der Waals surface area contributed by atoms with Crippen molar-refractivity contribution in [2.75, 3.05) is 6.61 Å². The fourth-order valence-electron chi connectivity index (χ4n) is 1.09. The zero-order chi connectivity index (χ0) is 7.68. The molecule has 11 heavy (non-hydrogen) atoms. The molecule has 0 N–H and O–H groups in total. The topological polar surface area (TPSA) is 12.5 Å². The van der Waals surface area contributed by atoms with Gasteiger partial charge in [0, 0.05) is 0 Å². The lowest BCUT2D eigenvalue weighted by atomic mass is 10.1. The summed E-state index contributed by atoms with van der Waals surface area (Å²) >= 11 is 0. The molecule has 1 saturated heterocycles. The number of ether oxygens (including phenoxy) is 1. The van der Waals surface area contributed by atoms with E-state index in [9.17, 15) is 0 Å². The second-order valence-corrected chi connectivity index (χ2v) is 2.69. The lowest BCUT2D eigenvalue weighted by molar-refractivity contribution is 0.415. The summed E-state index contributed by atoms with van der Waals surface area (Å²) in [4.78, 5) is 0. The quantitative estimate of drug-likeness (QED) is 0.584. The summed E-state index contributed by atoms with van der Waals surface area (Å²) in [6, 6.07) is 8.30. The van der Waals surface area contributed by atoms with Gasteiger partial charge in [-0.05, 0) is 11.1 Å². The minimum absolute atomic E-state index is 0.369. The van der Waals surface area contributed by atoms with Crippen molar-refractivity contribution in [3.63, 3.8) is 0 Å². The van der Waals surface area contributed by atoms with Gasteiger partial charge in [-0.2, -0.15) is 0 Å². The lowest BCUT2D eigenvalue weighted by Gasteiger charge is -1.95. The van der Waals surface area contributed by atoms with Crippen LogP contribution in [0.2, 0.25) is 0 Å². The van der Waals surface area contributed by atoms with Crippen LogP contribution in [0.15, 0.2) is 30.8 Å². The van der Waals surface area contributed by atoms with Crippen LogP contribution in [0.4, 0.5) is 0 Å². The third kappa shape index (κ3) is 1.33. The van der Waals surface area contributed by atoms with Gasteiger partial charge in [-0.25, -0.2) is 0 Å². The molecule has 0 spiro atoms. The molecule has 1 heteroatoms. The molecule has 0 aliphatic carbocycles. The average Bonchev–Trinajstić information content (AvgIpc) is 2.87. The Hall–Kier alpha value is -1.08. The van der Waals surface area contributed by atoms with Gasteiger partial charge in [-0.3, -0.25) is 0 Å². The Morgan fingerprint density at radius 2 is 2.00 bits per heavy atom. The Kier molecular flexibility index (Phi) is 1.51. The number of benzene rings is 1.